The van der Waals surface area contributed by atoms with Gasteiger partial charge in [0, 0.05) is 12.6 Å². The van der Waals surface area contributed by atoms with Gasteiger partial charge in [0.15, 0.2) is 0 Å². The first-order chi connectivity index (χ1) is 9.96. The van der Waals surface area contributed by atoms with Crippen LogP contribution < -0.4 is 5.32 Å². The van der Waals surface area contributed by atoms with E-state index in [2.05, 4.69) is 5.32 Å². The summed E-state index contributed by atoms with van der Waals surface area (Å²) in [4.78, 5) is -0.575. The zero-order chi connectivity index (χ0) is 15.5. The standard InChI is InChI=1S/C14H20F2N2O2S/c1-2-9-18(12-5-7-17-8-6-12)21(19,20)14-10-11(15)3-4-13(14)16/h3-4,10,12,17H,2,5-9H2,1H3. The molecule has 21 heavy (non-hydrogen) atoms. The van der Waals surface area contributed by atoms with Crippen molar-refractivity contribution in [1.29, 1.82) is 0 Å². The lowest BCUT2D eigenvalue weighted by atomic mass is 10.1. The molecule has 1 aromatic rings. The van der Waals surface area contributed by atoms with Gasteiger partial charge in [0.05, 0.1) is 0 Å². The Bertz CT molecular complexity index is 587. The van der Waals surface area contributed by atoms with Gasteiger partial charge in [0.1, 0.15) is 16.5 Å². The molecule has 1 aliphatic heterocycles. The molecule has 1 aromatic carbocycles. The van der Waals surface area contributed by atoms with Crippen molar-refractivity contribution in [2.75, 3.05) is 19.6 Å². The van der Waals surface area contributed by atoms with Crippen molar-refractivity contribution in [2.45, 2.75) is 37.1 Å². The number of hydrogen-bond acceptors (Lipinski definition) is 3. The SMILES string of the molecule is CCCN(C1CCNCC1)S(=O)(=O)c1cc(F)ccc1F. The van der Waals surface area contributed by atoms with E-state index in [1.165, 1.54) is 4.31 Å². The summed E-state index contributed by atoms with van der Waals surface area (Å²) in [5.41, 5.74) is 0. The lowest BCUT2D eigenvalue weighted by Crippen LogP contribution is -2.46. The third-order valence-electron chi connectivity index (χ3n) is 3.64. The van der Waals surface area contributed by atoms with Gasteiger partial charge in [0.25, 0.3) is 0 Å². The fraction of sp³-hybridized carbons (Fsp3) is 0.571. The summed E-state index contributed by atoms with van der Waals surface area (Å²) in [5.74, 6) is -1.66. The lowest BCUT2D eigenvalue weighted by Gasteiger charge is -2.33. The molecule has 0 aliphatic carbocycles. The fourth-order valence-corrected chi connectivity index (χ4v) is 4.47. The number of halogens is 2. The Labute approximate surface area is 124 Å². The molecule has 0 atom stereocenters. The van der Waals surface area contributed by atoms with Crippen LogP contribution in [0.3, 0.4) is 0 Å². The highest BCUT2D eigenvalue weighted by atomic mass is 32.2. The average molecular weight is 318 g/mol. The van der Waals surface area contributed by atoms with Gasteiger partial charge in [-0.15, -0.1) is 0 Å². The molecule has 7 heteroatoms. The number of nitrogens with zero attached hydrogens (tertiary/aromatic N) is 1. The third kappa shape index (κ3) is 3.59. The maximum absolute atomic E-state index is 13.8. The molecule has 0 saturated carbocycles. The van der Waals surface area contributed by atoms with E-state index in [0.29, 0.717) is 25.8 Å². The number of piperidine rings is 1. The highest BCUT2D eigenvalue weighted by Crippen LogP contribution is 2.25. The van der Waals surface area contributed by atoms with Crippen molar-refractivity contribution in [3.63, 3.8) is 0 Å². The van der Waals surface area contributed by atoms with Gasteiger partial charge in [-0.1, -0.05) is 6.92 Å². The summed E-state index contributed by atoms with van der Waals surface area (Å²) in [7, 11) is -4.03. The minimum Gasteiger partial charge on any atom is -0.317 e. The second kappa shape index (κ2) is 6.81. The maximum atomic E-state index is 13.8. The van der Waals surface area contributed by atoms with Gasteiger partial charge < -0.3 is 5.32 Å². The predicted octanol–water partition coefficient (Wildman–Crippen LogP) is 2.12. The van der Waals surface area contributed by atoms with E-state index in [-0.39, 0.29) is 6.04 Å². The zero-order valence-corrected chi connectivity index (χ0v) is 12.8. The monoisotopic (exact) mass is 318 g/mol. The highest BCUT2D eigenvalue weighted by Gasteiger charge is 2.33. The molecule has 0 aromatic heterocycles. The van der Waals surface area contributed by atoms with Gasteiger partial charge in [-0.2, -0.15) is 4.31 Å². The molecule has 0 amide bonds. The zero-order valence-electron chi connectivity index (χ0n) is 12.0. The Morgan fingerprint density at radius 2 is 1.95 bits per heavy atom. The van der Waals surface area contributed by atoms with E-state index in [0.717, 1.165) is 31.3 Å². The molecular weight excluding hydrogens is 298 g/mol. The molecule has 1 fully saturated rings. The van der Waals surface area contributed by atoms with Crippen LogP contribution in [0.2, 0.25) is 0 Å². The van der Waals surface area contributed by atoms with Crippen LogP contribution in [-0.2, 0) is 10.0 Å². The van der Waals surface area contributed by atoms with E-state index >= 15 is 0 Å². The highest BCUT2D eigenvalue weighted by molar-refractivity contribution is 7.89. The summed E-state index contributed by atoms with van der Waals surface area (Å²) in [5, 5.41) is 3.17. The molecule has 1 saturated heterocycles. The molecule has 0 bridgehead atoms. The number of benzene rings is 1. The van der Waals surface area contributed by atoms with Crippen molar-refractivity contribution >= 4 is 10.0 Å². The van der Waals surface area contributed by atoms with Gasteiger partial charge in [0.2, 0.25) is 10.0 Å². The summed E-state index contributed by atoms with van der Waals surface area (Å²) < 4.78 is 53.9. The van der Waals surface area contributed by atoms with Gasteiger partial charge >= 0.3 is 0 Å². The summed E-state index contributed by atoms with van der Waals surface area (Å²) in [6, 6.07) is 2.37. The molecule has 1 heterocycles. The van der Waals surface area contributed by atoms with Crippen LogP contribution in [0.15, 0.2) is 23.1 Å². The van der Waals surface area contributed by atoms with E-state index < -0.39 is 26.6 Å². The molecule has 0 unspecified atom stereocenters. The third-order valence-corrected chi connectivity index (χ3v) is 5.61. The Balaban J connectivity index is 2.39. The molecule has 0 radical (unpaired) electrons. The van der Waals surface area contributed by atoms with Crippen molar-refractivity contribution in [3.8, 4) is 0 Å². The summed E-state index contributed by atoms with van der Waals surface area (Å²) in [6.45, 7) is 3.63. The second-order valence-electron chi connectivity index (χ2n) is 5.17. The van der Waals surface area contributed by atoms with E-state index in [1.54, 1.807) is 0 Å². The second-order valence-corrected chi connectivity index (χ2v) is 7.03. The van der Waals surface area contributed by atoms with Crippen LogP contribution in [0.25, 0.3) is 0 Å². The number of nitrogens with one attached hydrogen (secondary N) is 1. The Hall–Kier alpha value is -1.05. The Morgan fingerprint density at radius 1 is 1.29 bits per heavy atom. The lowest BCUT2D eigenvalue weighted by molar-refractivity contribution is 0.261. The quantitative estimate of drug-likeness (QED) is 0.905. The average Bonchev–Trinajstić information content (AvgIpc) is 2.48. The van der Waals surface area contributed by atoms with Crippen molar-refractivity contribution < 1.29 is 17.2 Å². The molecule has 4 nitrogen and oxygen atoms in total. The minimum absolute atomic E-state index is 0.168. The van der Waals surface area contributed by atoms with Gasteiger partial charge in [-0.05, 0) is 50.6 Å². The summed E-state index contributed by atoms with van der Waals surface area (Å²) >= 11 is 0. The fourth-order valence-electron chi connectivity index (χ4n) is 2.62. The molecule has 1 N–H and O–H groups in total. The molecular formula is C14H20F2N2O2S. The number of hydrogen-bond donors (Lipinski definition) is 1. The van der Waals surface area contributed by atoms with Crippen LogP contribution in [0.4, 0.5) is 8.78 Å². The molecule has 118 valence electrons. The molecule has 0 spiro atoms. The van der Waals surface area contributed by atoms with Crippen LogP contribution in [0, 0.1) is 11.6 Å². The topological polar surface area (TPSA) is 49.4 Å². The normalized spacial score (nSPS) is 17.3. The largest absolute Gasteiger partial charge is 0.317 e. The smallest absolute Gasteiger partial charge is 0.246 e. The predicted molar refractivity (Wildman–Crippen MR) is 76.4 cm³/mol. The van der Waals surface area contributed by atoms with Crippen LogP contribution in [0.1, 0.15) is 26.2 Å². The number of sulfonamides is 1. The van der Waals surface area contributed by atoms with E-state index in [9.17, 15) is 17.2 Å². The first-order valence-electron chi connectivity index (χ1n) is 7.14. The molecule has 2 rings (SSSR count). The van der Waals surface area contributed by atoms with Crippen LogP contribution >= 0.6 is 0 Å². The first kappa shape index (κ1) is 16.3. The Kier molecular flexibility index (Phi) is 5.29. The van der Waals surface area contributed by atoms with Crippen LogP contribution in [0.5, 0.6) is 0 Å². The van der Waals surface area contributed by atoms with E-state index in [1.807, 2.05) is 6.92 Å². The van der Waals surface area contributed by atoms with Gasteiger partial charge in [-0.25, -0.2) is 17.2 Å². The van der Waals surface area contributed by atoms with E-state index in [4.69, 9.17) is 0 Å². The summed E-state index contributed by atoms with van der Waals surface area (Å²) in [6.07, 6.45) is 1.98. The molecule has 1 aliphatic rings. The van der Waals surface area contributed by atoms with Crippen molar-refractivity contribution in [1.82, 2.24) is 9.62 Å². The minimum atomic E-state index is -4.03. The van der Waals surface area contributed by atoms with Crippen LogP contribution in [-0.4, -0.2) is 38.4 Å². The van der Waals surface area contributed by atoms with Gasteiger partial charge in [-0.3, -0.25) is 0 Å². The van der Waals surface area contributed by atoms with Crippen molar-refractivity contribution in [2.24, 2.45) is 0 Å². The Morgan fingerprint density at radius 3 is 2.57 bits per heavy atom. The number of rotatable bonds is 5. The first-order valence-corrected chi connectivity index (χ1v) is 8.58. The van der Waals surface area contributed by atoms with Crippen molar-refractivity contribution in [3.05, 3.63) is 29.8 Å². The maximum Gasteiger partial charge on any atom is 0.246 e.